The van der Waals surface area contributed by atoms with Crippen LogP contribution in [0.5, 0.6) is 5.75 Å². The summed E-state index contributed by atoms with van der Waals surface area (Å²) in [5, 5.41) is 21.1. The molecule has 1 aliphatic carbocycles. The highest BCUT2D eigenvalue weighted by Crippen LogP contribution is 2.44. The molecule has 0 bridgehead atoms. The van der Waals surface area contributed by atoms with Crippen LogP contribution in [0.3, 0.4) is 0 Å². The quantitative estimate of drug-likeness (QED) is 0.457. The van der Waals surface area contributed by atoms with Gasteiger partial charge in [0, 0.05) is 18.4 Å². The number of carbonyl (C=O) groups is 2. The van der Waals surface area contributed by atoms with Gasteiger partial charge in [-0.1, -0.05) is 54.6 Å². The Morgan fingerprint density at radius 3 is 2.24 bits per heavy atom. The van der Waals surface area contributed by atoms with E-state index in [4.69, 9.17) is 9.84 Å². The molecule has 0 heterocycles. The minimum absolute atomic E-state index is 0.0909. The number of ether oxygens (including phenoxy) is 1. The molecule has 7 heteroatoms. The molecule has 1 amide bonds. The average Bonchev–Trinajstić information content (AvgIpc) is 3.12. The minimum Gasteiger partial charge on any atom is -0.505 e. The number of rotatable bonds is 8. The first-order valence-electron chi connectivity index (χ1n) is 10.7. The maximum atomic E-state index is 13.7. The van der Waals surface area contributed by atoms with Gasteiger partial charge < -0.3 is 20.3 Å². The highest BCUT2D eigenvalue weighted by molar-refractivity contribution is 5.79. The summed E-state index contributed by atoms with van der Waals surface area (Å²) in [5.74, 6) is -2.33. The topological polar surface area (TPSA) is 95.9 Å². The van der Waals surface area contributed by atoms with E-state index in [-0.39, 0.29) is 31.8 Å². The molecule has 0 aromatic heterocycles. The minimum atomic E-state index is -0.994. The fourth-order valence-corrected chi connectivity index (χ4v) is 4.29. The molecule has 4 rings (SSSR count). The first-order chi connectivity index (χ1) is 15.9. The smallest absolute Gasteiger partial charge is 0.407 e. The maximum Gasteiger partial charge on any atom is 0.407 e. The number of carboxylic acid groups (broad SMARTS) is 1. The van der Waals surface area contributed by atoms with Gasteiger partial charge in [0.05, 0.1) is 0 Å². The van der Waals surface area contributed by atoms with Crippen LogP contribution in [0, 0.1) is 5.82 Å². The van der Waals surface area contributed by atoms with E-state index in [0.717, 1.165) is 22.3 Å². The number of phenols is 1. The van der Waals surface area contributed by atoms with Crippen molar-refractivity contribution < 1.29 is 28.9 Å². The Labute approximate surface area is 190 Å². The molecule has 0 fully saturated rings. The fraction of sp³-hybridized carbons (Fsp3) is 0.231. The molecule has 3 aromatic carbocycles. The van der Waals surface area contributed by atoms with Crippen molar-refractivity contribution in [3.05, 3.63) is 89.2 Å². The first-order valence-corrected chi connectivity index (χ1v) is 10.7. The molecule has 3 N–H and O–H groups in total. The average molecular weight is 449 g/mol. The molecule has 0 radical (unpaired) electrons. The molecule has 0 aliphatic heterocycles. The van der Waals surface area contributed by atoms with Gasteiger partial charge in [-0.3, -0.25) is 4.79 Å². The SMILES string of the molecule is O=C(O)CCC(Cc1ccc(O)c(F)c1)NC(=O)OCC1c2ccccc2-c2ccccc21. The van der Waals surface area contributed by atoms with E-state index >= 15 is 0 Å². The molecular formula is C26H24FNO5. The fourth-order valence-electron chi connectivity index (χ4n) is 4.29. The van der Waals surface area contributed by atoms with Gasteiger partial charge >= 0.3 is 12.1 Å². The highest BCUT2D eigenvalue weighted by atomic mass is 19.1. The zero-order valence-electron chi connectivity index (χ0n) is 17.8. The number of aromatic hydroxyl groups is 1. The molecule has 3 aromatic rings. The molecule has 1 aliphatic rings. The zero-order chi connectivity index (χ0) is 23.4. The van der Waals surface area contributed by atoms with Crippen molar-refractivity contribution in [3.63, 3.8) is 0 Å². The molecule has 0 saturated carbocycles. The van der Waals surface area contributed by atoms with Gasteiger partial charge in [0.2, 0.25) is 0 Å². The van der Waals surface area contributed by atoms with Crippen LogP contribution >= 0.6 is 0 Å². The lowest BCUT2D eigenvalue weighted by atomic mass is 9.98. The molecule has 33 heavy (non-hydrogen) atoms. The van der Waals surface area contributed by atoms with Gasteiger partial charge in [0.1, 0.15) is 6.61 Å². The summed E-state index contributed by atoms with van der Waals surface area (Å²) >= 11 is 0. The van der Waals surface area contributed by atoms with Crippen LogP contribution in [0.4, 0.5) is 9.18 Å². The lowest BCUT2D eigenvalue weighted by Gasteiger charge is -2.20. The van der Waals surface area contributed by atoms with Crippen molar-refractivity contribution in [1.82, 2.24) is 5.32 Å². The predicted octanol–water partition coefficient (Wildman–Crippen LogP) is 4.85. The largest absolute Gasteiger partial charge is 0.505 e. The Kier molecular flexibility index (Phi) is 6.58. The Hall–Kier alpha value is -3.87. The van der Waals surface area contributed by atoms with Crippen LogP contribution in [0.25, 0.3) is 11.1 Å². The van der Waals surface area contributed by atoms with E-state index in [2.05, 4.69) is 5.32 Å². The van der Waals surface area contributed by atoms with Crippen molar-refractivity contribution in [1.29, 1.82) is 0 Å². The van der Waals surface area contributed by atoms with E-state index in [1.807, 2.05) is 48.5 Å². The van der Waals surface area contributed by atoms with Gasteiger partial charge in [-0.25, -0.2) is 9.18 Å². The third-order valence-corrected chi connectivity index (χ3v) is 5.87. The number of halogens is 1. The van der Waals surface area contributed by atoms with Crippen LogP contribution < -0.4 is 5.32 Å². The van der Waals surface area contributed by atoms with Crippen LogP contribution in [0.15, 0.2) is 66.7 Å². The standard InChI is InChI=1S/C26H24FNO5/c27-23-14-16(9-11-24(23)29)13-17(10-12-25(30)31)28-26(32)33-15-22-20-7-3-1-5-18(20)19-6-2-4-8-21(19)22/h1-9,11,14,17,22,29H,10,12-13,15H2,(H,28,32)(H,30,31). The number of carbonyl (C=O) groups excluding carboxylic acids is 1. The van der Waals surface area contributed by atoms with Crippen molar-refractivity contribution in [2.45, 2.75) is 31.2 Å². The van der Waals surface area contributed by atoms with E-state index in [1.54, 1.807) is 0 Å². The van der Waals surface area contributed by atoms with Crippen molar-refractivity contribution in [2.75, 3.05) is 6.61 Å². The van der Waals surface area contributed by atoms with Gasteiger partial charge in [-0.15, -0.1) is 0 Å². The van der Waals surface area contributed by atoms with Gasteiger partial charge in [0.25, 0.3) is 0 Å². The number of nitrogens with one attached hydrogen (secondary N) is 1. The summed E-state index contributed by atoms with van der Waals surface area (Å²) in [6, 6.07) is 19.4. The summed E-state index contributed by atoms with van der Waals surface area (Å²) in [6.45, 7) is 0.138. The number of hydrogen-bond donors (Lipinski definition) is 3. The molecule has 0 spiro atoms. The first kappa shape index (κ1) is 22.3. The summed E-state index contributed by atoms with van der Waals surface area (Å²) in [6.07, 6.45) is -0.461. The zero-order valence-corrected chi connectivity index (χ0v) is 17.8. The number of alkyl carbamates (subject to hydrolysis) is 1. The van der Waals surface area contributed by atoms with Crippen LogP contribution in [0.1, 0.15) is 35.4 Å². The number of phenolic OH excluding ortho intramolecular Hbond substituents is 1. The third-order valence-electron chi connectivity index (χ3n) is 5.87. The lowest BCUT2D eigenvalue weighted by molar-refractivity contribution is -0.137. The molecule has 1 atom stereocenters. The summed E-state index contributed by atoms with van der Waals surface area (Å²) < 4.78 is 19.2. The molecule has 0 saturated heterocycles. The Morgan fingerprint density at radius 1 is 1.00 bits per heavy atom. The predicted molar refractivity (Wildman–Crippen MR) is 121 cm³/mol. The van der Waals surface area contributed by atoms with Crippen LogP contribution in [0.2, 0.25) is 0 Å². The number of amides is 1. The van der Waals surface area contributed by atoms with Crippen LogP contribution in [-0.4, -0.2) is 34.9 Å². The lowest BCUT2D eigenvalue weighted by Crippen LogP contribution is -2.37. The Bertz CT molecular complexity index is 1130. The molecule has 1 unspecified atom stereocenters. The summed E-state index contributed by atoms with van der Waals surface area (Å²) in [7, 11) is 0. The van der Waals surface area contributed by atoms with Crippen molar-refractivity contribution in [2.24, 2.45) is 0 Å². The number of hydrogen-bond acceptors (Lipinski definition) is 4. The monoisotopic (exact) mass is 449 g/mol. The van der Waals surface area contributed by atoms with Crippen LogP contribution in [-0.2, 0) is 16.0 Å². The summed E-state index contributed by atoms with van der Waals surface area (Å²) in [5.41, 5.74) is 4.95. The van der Waals surface area contributed by atoms with Gasteiger partial charge in [-0.05, 0) is 52.8 Å². The van der Waals surface area contributed by atoms with Gasteiger partial charge in [0.15, 0.2) is 11.6 Å². The molecular weight excluding hydrogens is 425 g/mol. The van der Waals surface area contributed by atoms with E-state index < -0.39 is 29.7 Å². The van der Waals surface area contributed by atoms with Gasteiger partial charge in [-0.2, -0.15) is 0 Å². The second kappa shape index (κ2) is 9.73. The van der Waals surface area contributed by atoms with Crippen molar-refractivity contribution in [3.8, 4) is 16.9 Å². The maximum absolute atomic E-state index is 13.7. The number of aliphatic carboxylic acids is 1. The highest BCUT2D eigenvalue weighted by Gasteiger charge is 2.29. The molecule has 6 nitrogen and oxygen atoms in total. The number of benzene rings is 3. The van der Waals surface area contributed by atoms with E-state index in [0.29, 0.717) is 5.56 Å². The van der Waals surface area contributed by atoms with Crippen molar-refractivity contribution >= 4 is 12.1 Å². The number of carboxylic acids is 1. The van der Waals surface area contributed by atoms with E-state index in [1.165, 1.54) is 18.2 Å². The third kappa shape index (κ3) is 5.14. The number of fused-ring (bicyclic) bond motifs is 3. The Balaban J connectivity index is 1.43. The molecule has 170 valence electrons. The Morgan fingerprint density at radius 2 is 1.64 bits per heavy atom. The second-order valence-corrected chi connectivity index (χ2v) is 8.09. The normalized spacial score (nSPS) is 13.1. The van der Waals surface area contributed by atoms with E-state index in [9.17, 15) is 19.1 Å². The summed E-state index contributed by atoms with van der Waals surface area (Å²) in [4.78, 5) is 23.6. The second-order valence-electron chi connectivity index (χ2n) is 8.09.